The second-order valence-corrected chi connectivity index (χ2v) is 4.57. The van der Waals surface area contributed by atoms with Crippen molar-refractivity contribution in [1.82, 2.24) is 0 Å². The Morgan fingerprint density at radius 2 is 2.27 bits per heavy atom. The highest BCUT2D eigenvalue weighted by molar-refractivity contribution is 6.31. The van der Waals surface area contributed by atoms with Crippen molar-refractivity contribution < 1.29 is 9.90 Å². The summed E-state index contributed by atoms with van der Waals surface area (Å²) in [5.74, 6) is -0.860. The molecule has 2 rings (SSSR count). The van der Waals surface area contributed by atoms with Crippen molar-refractivity contribution in [2.75, 3.05) is 0 Å². The topological polar surface area (TPSA) is 63.3 Å². The molecule has 1 aliphatic carbocycles. The number of rotatable bonds is 2. The maximum absolute atomic E-state index is 10.7. The lowest BCUT2D eigenvalue weighted by Gasteiger charge is -2.20. The third-order valence-electron chi connectivity index (χ3n) is 2.79. The maximum atomic E-state index is 10.7. The average Bonchev–Trinajstić information content (AvgIpc) is 2.41. The first-order valence-electron chi connectivity index (χ1n) is 4.77. The van der Waals surface area contributed by atoms with Gasteiger partial charge in [-0.25, -0.2) is 0 Å². The number of benzene rings is 1. The standard InChI is InChI=1S/C11H12ClNO2/c12-9-3-1-2-7-4-11(13,5-8(7)9)6-10(14)15/h1-3H,4-6,13H2,(H,14,15). The third kappa shape index (κ3) is 1.98. The van der Waals surface area contributed by atoms with Crippen molar-refractivity contribution in [2.24, 2.45) is 5.73 Å². The minimum atomic E-state index is -0.860. The van der Waals surface area contributed by atoms with E-state index in [0.29, 0.717) is 17.9 Å². The molecule has 1 unspecified atom stereocenters. The number of halogens is 1. The highest BCUT2D eigenvalue weighted by atomic mass is 35.5. The molecule has 4 heteroatoms. The lowest BCUT2D eigenvalue weighted by Crippen LogP contribution is -2.42. The van der Waals surface area contributed by atoms with Crippen LogP contribution in [-0.4, -0.2) is 16.6 Å². The number of carbonyl (C=O) groups is 1. The predicted molar refractivity (Wildman–Crippen MR) is 58.0 cm³/mol. The van der Waals surface area contributed by atoms with Crippen LogP contribution in [0.3, 0.4) is 0 Å². The Bertz CT molecular complexity index is 419. The quantitative estimate of drug-likeness (QED) is 0.804. The number of carboxylic acids is 1. The number of nitrogens with two attached hydrogens (primary N) is 1. The van der Waals surface area contributed by atoms with Crippen LogP contribution in [0.1, 0.15) is 17.5 Å². The molecule has 1 aromatic carbocycles. The minimum Gasteiger partial charge on any atom is -0.481 e. The van der Waals surface area contributed by atoms with Gasteiger partial charge in [-0.1, -0.05) is 23.7 Å². The van der Waals surface area contributed by atoms with Crippen molar-refractivity contribution in [3.8, 4) is 0 Å². The first-order valence-corrected chi connectivity index (χ1v) is 5.15. The summed E-state index contributed by atoms with van der Waals surface area (Å²) in [4.78, 5) is 10.7. The number of carboxylic acid groups (broad SMARTS) is 1. The molecule has 0 heterocycles. The zero-order valence-corrected chi connectivity index (χ0v) is 8.92. The molecular weight excluding hydrogens is 214 g/mol. The van der Waals surface area contributed by atoms with E-state index in [1.165, 1.54) is 0 Å². The van der Waals surface area contributed by atoms with Gasteiger partial charge in [0.1, 0.15) is 0 Å². The van der Waals surface area contributed by atoms with Crippen LogP contribution in [0.2, 0.25) is 5.02 Å². The molecule has 80 valence electrons. The fourth-order valence-corrected chi connectivity index (χ4v) is 2.45. The van der Waals surface area contributed by atoms with E-state index in [-0.39, 0.29) is 6.42 Å². The molecule has 0 saturated heterocycles. The average molecular weight is 226 g/mol. The summed E-state index contributed by atoms with van der Waals surface area (Å²) in [6, 6.07) is 5.64. The molecule has 0 aromatic heterocycles. The van der Waals surface area contributed by atoms with Crippen LogP contribution in [0.4, 0.5) is 0 Å². The first-order chi connectivity index (χ1) is 7.00. The molecule has 3 nitrogen and oxygen atoms in total. The molecule has 0 saturated carbocycles. The van der Waals surface area contributed by atoms with Crippen molar-refractivity contribution in [1.29, 1.82) is 0 Å². The highest BCUT2D eigenvalue weighted by Gasteiger charge is 2.36. The Kier molecular flexibility index (Phi) is 2.44. The van der Waals surface area contributed by atoms with Crippen molar-refractivity contribution in [3.05, 3.63) is 34.3 Å². The van der Waals surface area contributed by atoms with Crippen LogP contribution in [0.5, 0.6) is 0 Å². The van der Waals surface area contributed by atoms with Crippen LogP contribution in [-0.2, 0) is 17.6 Å². The van der Waals surface area contributed by atoms with Gasteiger partial charge in [0, 0.05) is 10.6 Å². The molecule has 15 heavy (non-hydrogen) atoms. The normalized spacial score (nSPS) is 23.9. The third-order valence-corrected chi connectivity index (χ3v) is 3.14. The summed E-state index contributed by atoms with van der Waals surface area (Å²) in [5.41, 5.74) is 7.45. The maximum Gasteiger partial charge on any atom is 0.305 e. The zero-order valence-electron chi connectivity index (χ0n) is 8.16. The molecule has 0 bridgehead atoms. The molecular formula is C11H12ClNO2. The largest absolute Gasteiger partial charge is 0.481 e. The summed E-state index contributed by atoms with van der Waals surface area (Å²) in [5, 5.41) is 9.46. The summed E-state index contributed by atoms with van der Waals surface area (Å²) < 4.78 is 0. The molecule has 1 atom stereocenters. The Balaban J connectivity index is 2.28. The van der Waals surface area contributed by atoms with Gasteiger partial charge in [-0.3, -0.25) is 4.79 Å². The van der Waals surface area contributed by atoms with E-state index in [1.54, 1.807) is 0 Å². The van der Waals surface area contributed by atoms with Crippen molar-refractivity contribution >= 4 is 17.6 Å². The van der Waals surface area contributed by atoms with Gasteiger partial charge in [0.15, 0.2) is 0 Å². The van der Waals surface area contributed by atoms with Crippen molar-refractivity contribution in [2.45, 2.75) is 24.8 Å². The molecule has 0 radical (unpaired) electrons. The summed E-state index contributed by atoms with van der Waals surface area (Å²) in [7, 11) is 0. The van der Waals surface area contributed by atoms with E-state index in [4.69, 9.17) is 22.4 Å². The second-order valence-electron chi connectivity index (χ2n) is 4.16. The lowest BCUT2D eigenvalue weighted by atomic mass is 9.93. The van der Waals surface area contributed by atoms with Gasteiger partial charge < -0.3 is 10.8 Å². The van der Waals surface area contributed by atoms with Gasteiger partial charge in [-0.05, 0) is 30.0 Å². The van der Waals surface area contributed by atoms with Crippen molar-refractivity contribution in [3.63, 3.8) is 0 Å². The number of aliphatic carboxylic acids is 1. The van der Waals surface area contributed by atoms with Crippen LogP contribution < -0.4 is 5.73 Å². The monoisotopic (exact) mass is 225 g/mol. The second kappa shape index (κ2) is 3.51. The Morgan fingerprint density at radius 3 is 2.87 bits per heavy atom. The number of fused-ring (bicyclic) bond motifs is 1. The SMILES string of the molecule is NC1(CC(=O)O)Cc2cccc(Cl)c2C1. The molecule has 1 aliphatic rings. The van der Waals surface area contributed by atoms with E-state index in [0.717, 1.165) is 11.1 Å². The molecule has 0 spiro atoms. The van der Waals surface area contributed by atoms with E-state index in [2.05, 4.69) is 0 Å². The Morgan fingerprint density at radius 1 is 1.53 bits per heavy atom. The molecule has 0 amide bonds. The van der Waals surface area contributed by atoms with E-state index >= 15 is 0 Å². The smallest absolute Gasteiger partial charge is 0.305 e. The molecule has 3 N–H and O–H groups in total. The van der Waals surface area contributed by atoms with E-state index in [9.17, 15) is 4.79 Å². The van der Waals surface area contributed by atoms with E-state index in [1.807, 2.05) is 18.2 Å². The minimum absolute atomic E-state index is 0.0159. The van der Waals surface area contributed by atoms with Gasteiger partial charge in [-0.2, -0.15) is 0 Å². The molecule has 0 fully saturated rings. The zero-order chi connectivity index (χ0) is 11.1. The first kappa shape index (κ1) is 10.5. The van der Waals surface area contributed by atoms with Crippen LogP contribution >= 0.6 is 11.6 Å². The number of hydrogen-bond acceptors (Lipinski definition) is 2. The van der Waals surface area contributed by atoms with E-state index < -0.39 is 11.5 Å². The number of hydrogen-bond donors (Lipinski definition) is 2. The van der Waals surface area contributed by atoms with Gasteiger partial charge in [0.25, 0.3) is 0 Å². The van der Waals surface area contributed by atoms with Gasteiger partial charge in [0.2, 0.25) is 0 Å². The molecule has 0 aliphatic heterocycles. The highest BCUT2D eigenvalue weighted by Crippen LogP contribution is 2.34. The van der Waals surface area contributed by atoms with Gasteiger partial charge >= 0.3 is 5.97 Å². The Labute approximate surface area is 92.8 Å². The fraction of sp³-hybridized carbons (Fsp3) is 0.364. The predicted octanol–water partition coefficient (Wildman–Crippen LogP) is 1.61. The summed E-state index contributed by atoms with van der Waals surface area (Å²) in [6.45, 7) is 0. The van der Waals surface area contributed by atoms with Crippen LogP contribution in [0.15, 0.2) is 18.2 Å². The van der Waals surface area contributed by atoms with Crippen LogP contribution in [0.25, 0.3) is 0 Å². The lowest BCUT2D eigenvalue weighted by molar-refractivity contribution is -0.138. The summed E-state index contributed by atoms with van der Waals surface area (Å²) >= 11 is 6.03. The molecule has 1 aromatic rings. The van der Waals surface area contributed by atoms with Gasteiger partial charge in [-0.15, -0.1) is 0 Å². The summed E-state index contributed by atoms with van der Waals surface area (Å²) in [6.07, 6.45) is 1.13. The fourth-order valence-electron chi connectivity index (χ4n) is 2.19. The van der Waals surface area contributed by atoms with Crippen LogP contribution in [0, 0.1) is 0 Å². The van der Waals surface area contributed by atoms with Gasteiger partial charge in [0.05, 0.1) is 6.42 Å². The Hall–Kier alpha value is -1.06.